The van der Waals surface area contributed by atoms with Gasteiger partial charge in [0.1, 0.15) is 0 Å². The summed E-state index contributed by atoms with van der Waals surface area (Å²) in [5, 5.41) is 3.76. The Morgan fingerprint density at radius 1 is 1.40 bits per heavy atom. The molecule has 2 N–H and O–H groups in total. The first-order chi connectivity index (χ1) is 7.33. The van der Waals surface area contributed by atoms with E-state index in [0.717, 1.165) is 11.3 Å². The Balaban J connectivity index is 2.35. The van der Waals surface area contributed by atoms with Crippen molar-refractivity contribution >= 4 is 5.71 Å². The van der Waals surface area contributed by atoms with Gasteiger partial charge >= 0.3 is 0 Å². The fourth-order valence-electron chi connectivity index (χ4n) is 0.872. The molecule has 0 bridgehead atoms. The molecule has 0 saturated carbocycles. The van der Waals surface area contributed by atoms with E-state index in [2.05, 4.69) is 17.0 Å². The van der Waals surface area contributed by atoms with Crippen LogP contribution in [0.3, 0.4) is 0 Å². The Morgan fingerprint density at radius 3 is 2.80 bits per heavy atom. The van der Waals surface area contributed by atoms with E-state index in [4.69, 9.17) is 10.6 Å². The Morgan fingerprint density at radius 2 is 2.13 bits per heavy atom. The molecular formula is C12H14N2O. The fraction of sp³-hybridized carbons (Fsp3) is 0.250. The molecule has 0 amide bonds. The van der Waals surface area contributed by atoms with Gasteiger partial charge in [0.25, 0.3) is 0 Å². The second kappa shape index (κ2) is 6.63. The van der Waals surface area contributed by atoms with Crippen LogP contribution in [-0.4, -0.2) is 18.9 Å². The van der Waals surface area contributed by atoms with Crippen LogP contribution >= 0.6 is 0 Å². The maximum atomic E-state index is 5.33. The highest BCUT2D eigenvalue weighted by Crippen LogP contribution is 1.94. The van der Waals surface area contributed by atoms with Crippen molar-refractivity contribution in [1.29, 1.82) is 0 Å². The van der Waals surface area contributed by atoms with Crippen LogP contribution in [0, 0.1) is 11.8 Å². The van der Waals surface area contributed by atoms with Crippen LogP contribution < -0.4 is 5.73 Å². The Labute approximate surface area is 89.9 Å². The predicted molar refractivity (Wildman–Crippen MR) is 61.4 cm³/mol. The molecule has 0 atom stereocenters. The average molecular weight is 202 g/mol. The maximum Gasteiger partial charge on any atom is 0.177 e. The van der Waals surface area contributed by atoms with Gasteiger partial charge in [-0.3, -0.25) is 0 Å². The number of oxime groups is 1. The highest BCUT2D eigenvalue weighted by atomic mass is 16.6. The zero-order chi connectivity index (χ0) is 10.9. The number of hydrogen-bond acceptors (Lipinski definition) is 3. The van der Waals surface area contributed by atoms with E-state index >= 15 is 0 Å². The lowest BCUT2D eigenvalue weighted by atomic mass is 10.2. The van der Waals surface area contributed by atoms with Gasteiger partial charge in [-0.25, -0.2) is 0 Å². The SMILES string of the molecule is C/C(CN)=N\OCC#Cc1ccccc1. The third kappa shape index (κ3) is 4.84. The standard InChI is InChI=1S/C12H14N2O/c1-11(10-13)14-15-9-5-8-12-6-3-2-4-7-12/h2-4,6-7H,9-10,13H2,1H3/b14-11+. The van der Waals surface area contributed by atoms with Crippen LogP contribution in [0.2, 0.25) is 0 Å². The quantitative estimate of drug-likeness (QED) is 0.348. The van der Waals surface area contributed by atoms with Gasteiger partial charge in [-0.1, -0.05) is 35.2 Å². The highest BCUT2D eigenvalue weighted by Gasteiger charge is 1.84. The van der Waals surface area contributed by atoms with Crippen LogP contribution in [0.4, 0.5) is 0 Å². The fourth-order valence-corrected chi connectivity index (χ4v) is 0.872. The van der Waals surface area contributed by atoms with Gasteiger partial charge in [0, 0.05) is 12.1 Å². The number of rotatable bonds is 3. The predicted octanol–water partition coefficient (Wildman–Crippen LogP) is 1.39. The molecule has 78 valence electrons. The van der Waals surface area contributed by atoms with E-state index in [0.29, 0.717) is 6.54 Å². The lowest BCUT2D eigenvalue weighted by molar-refractivity contribution is 0.179. The Bertz CT molecular complexity index is 374. The molecule has 0 radical (unpaired) electrons. The Hall–Kier alpha value is -1.79. The topological polar surface area (TPSA) is 47.6 Å². The van der Waals surface area contributed by atoms with Crippen molar-refractivity contribution in [3.63, 3.8) is 0 Å². The van der Waals surface area contributed by atoms with Crippen molar-refractivity contribution in [3.8, 4) is 11.8 Å². The zero-order valence-electron chi connectivity index (χ0n) is 8.73. The summed E-state index contributed by atoms with van der Waals surface area (Å²) >= 11 is 0. The maximum absolute atomic E-state index is 5.33. The molecule has 0 spiro atoms. The lowest BCUT2D eigenvalue weighted by Crippen LogP contribution is -2.09. The van der Waals surface area contributed by atoms with Gasteiger partial charge in [-0.15, -0.1) is 0 Å². The van der Waals surface area contributed by atoms with Gasteiger partial charge < -0.3 is 10.6 Å². The van der Waals surface area contributed by atoms with Crippen molar-refractivity contribution in [2.24, 2.45) is 10.9 Å². The van der Waals surface area contributed by atoms with Crippen LogP contribution in [-0.2, 0) is 4.84 Å². The zero-order valence-corrected chi connectivity index (χ0v) is 8.73. The summed E-state index contributed by atoms with van der Waals surface area (Å²) in [4.78, 5) is 4.94. The molecule has 1 aromatic rings. The molecule has 3 nitrogen and oxygen atoms in total. The molecule has 0 aliphatic carbocycles. The number of benzene rings is 1. The first kappa shape index (κ1) is 11.3. The van der Waals surface area contributed by atoms with Gasteiger partial charge in [-0.2, -0.15) is 0 Å². The normalized spacial score (nSPS) is 10.4. The summed E-state index contributed by atoms with van der Waals surface area (Å²) in [5.74, 6) is 5.82. The highest BCUT2D eigenvalue weighted by molar-refractivity contribution is 5.83. The minimum Gasteiger partial charge on any atom is -0.383 e. The van der Waals surface area contributed by atoms with E-state index in [9.17, 15) is 0 Å². The van der Waals surface area contributed by atoms with Gasteiger partial charge in [0.2, 0.25) is 0 Å². The Kier molecular flexibility index (Phi) is 4.99. The molecule has 1 aromatic carbocycles. The first-order valence-corrected chi connectivity index (χ1v) is 4.72. The van der Waals surface area contributed by atoms with E-state index in [-0.39, 0.29) is 6.61 Å². The molecule has 1 rings (SSSR count). The van der Waals surface area contributed by atoms with Gasteiger partial charge in [0.05, 0.1) is 5.71 Å². The minimum absolute atomic E-state index is 0.284. The van der Waals surface area contributed by atoms with Crippen LogP contribution in [0.5, 0.6) is 0 Å². The number of hydrogen-bond donors (Lipinski definition) is 1. The largest absolute Gasteiger partial charge is 0.383 e. The van der Waals surface area contributed by atoms with Crippen LogP contribution in [0.1, 0.15) is 12.5 Å². The smallest absolute Gasteiger partial charge is 0.177 e. The lowest BCUT2D eigenvalue weighted by Gasteiger charge is -1.94. The van der Waals surface area contributed by atoms with Gasteiger partial charge in [0.15, 0.2) is 6.61 Å². The second-order valence-corrected chi connectivity index (χ2v) is 2.97. The molecule has 3 heteroatoms. The first-order valence-electron chi connectivity index (χ1n) is 4.72. The van der Waals surface area contributed by atoms with Crippen LogP contribution in [0.15, 0.2) is 35.5 Å². The number of nitrogens with two attached hydrogens (primary N) is 1. The third-order valence-electron chi connectivity index (χ3n) is 1.66. The van der Waals surface area contributed by atoms with E-state index in [1.807, 2.05) is 37.3 Å². The summed E-state index contributed by atoms with van der Waals surface area (Å²) in [5.41, 5.74) is 7.06. The molecule has 0 aromatic heterocycles. The molecule has 15 heavy (non-hydrogen) atoms. The minimum atomic E-state index is 0.284. The second-order valence-electron chi connectivity index (χ2n) is 2.97. The third-order valence-corrected chi connectivity index (χ3v) is 1.66. The molecule has 0 heterocycles. The molecule has 0 saturated heterocycles. The molecule has 0 aliphatic rings. The van der Waals surface area contributed by atoms with Gasteiger partial charge in [-0.05, 0) is 19.1 Å². The molecular weight excluding hydrogens is 188 g/mol. The number of nitrogens with zero attached hydrogens (tertiary/aromatic N) is 1. The summed E-state index contributed by atoms with van der Waals surface area (Å²) in [6.45, 7) is 2.50. The molecule has 0 aliphatic heterocycles. The molecule has 0 unspecified atom stereocenters. The molecule has 0 fully saturated rings. The van der Waals surface area contributed by atoms with Crippen molar-refractivity contribution < 1.29 is 4.84 Å². The van der Waals surface area contributed by atoms with E-state index < -0.39 is 0 Å². The summed E-state index contributed by atoms with van der Waals surface area (Å²) in [6.07, 6.45) is 0. The average Bonchev–Trinajstić information content (AvgIpc) is 2.29. The summed E-state index contributed by atoms with van der Waals surface area (Å²) < 4.78 is 0. The summed E-state index contributed by atoms with van der Waals surface area (Å²) in [6, 6.07) is 9.74. The van der Waals surface area contributed by atoms with Crippen molar-refractivity contribution in [2.45, 2.75) is 6.92 Å². The van der Waals surface area contributed by atoms with Crippen molar-refractivity contribution in [2.75, 3.05) is 13.2 Å². The van der Waals surface area contributed by atoms with Crippen molar-refractivity contribution in [3.05, 3.63) is 35.9 Å². The van der Waals surface area contributed by atoms with Crippen molar-refractivity contribution in [1.82, 2.24) is 0 Å². The van der Waals surface area contributed by atoms with Crippen LogP contribution in [0.25, 0.3) is 0 Å². The monoisotopic (exact) mass is 202 g/mol. The van der Waals surface area contributed by atoms with E-state index in [1.54, 1.807) is 0 Å². The summed E-state index contributed by atoms with van der Waals surface area (Å²) in [7, 11) is 0. The van der Waals surface area contributed by atoms with E-state index in [1.165, 1.54) is 0 Å².